The number of halogens is 1. The number of nitrogens with one attached hydrogen (secondary N) is 1. The molecule has 2 aromatic heterocycles. The molecule has 3 N–H and O–H groups in total. The van der Waals surface area contributed by atoms with Gasteiger partial charge >= 0.3 is 0 Å². The quantitative estimate of drug-likeness (QED) is 0.380. The summed E-state index contributed by atoms with van der Waals surface area (Å²) in [6.45, 7) is 2.40. The van der Waals surface area contributed by atoms with Gasteiger partial charge in [-0.05, 0) is 38.4 Å². The van der Waals surface area contributed by atoms with Crippen molar-refractivity contribution in [2.24, 2.45) is 0 Å². The van der Waals surface area contributed by atoms with Gasteiger partial charge < -0.3 is 25.2 Å². The first-order chi connectivity index (χ1) is 13.5. The fraction of sp³-hybridized carbons (Fsp3) is 0.368. The van der Waals surface area contributed by atoms with Gasteiger partial charge in [0, 0.05) is 23.7 Å². The highest BCUT2D eigenvalue weighted by atomic mass is 19.1. The van der Waals surface area contributed by atoms with Crippen LogP contribution in [0.2, 0.25) is 0 Å². The SMILES string of the molecule is CN(C)CCOCCn1nc(Nc2cnccc2C(O)O)c2cc(F)ccc21. The maximum absolute atomic E-state index is 13.8. The van der Waals surface area contributed by atoms with Gasteiger partial charge in [-0.3, -0.25) is 9.67 Å². The topological polar surface area (TPSA) is 95.7 Å². The van der Waals surface area contributed by atoms with Gasteiger partial charge in [0.25, 0.3) is 0 Å². The fourth-order valence-electron chi connectivity index (χ4n) is 2.78. The van der Waals surface area contributed by atoms with E-state index >= 15 is 0 Å². The van der Waals surface area contributed by atoms with Gasteiger partial charge in [0.15, 0.2) is 12.1 Å². The van der Waals surface area contributed by atoms with E-state index in [4.69, 9.17) is 4.74 Å². The van der Waals surface area contributed by atoms with Crippen molar-refractivity contribution in [2.75, 3.05) is 39.2 Å². The van der Waals surface area contributed by atoms with Crippen LogP contribution in [-0.4, -0.2) is 63.7 Å². The zero-order chi connectivity index (χ0) is 20.1. The third-order valence-corrected chi connectivity index (χ3v) is 4.23. The lowest BCUT2D eigenvalue weighted by Crippen LogP contribution is -2.19. The molecule has 0 unspecified atom stereocenters. The summed E-state index contributed by atoms with van der Waals surface area (Å²) >= 11 is 0. The Bertz CT molecular complexity index is 929. The highest BCUT2D eigenvalue weighted by Crippen LogP contribution is 2.29. The summed E-state index contributed by atoms with van der Waals surface area (Å²) in [6, 6.07) is 5.92. The zero-order valence-corrected chi connectivity index (χ0v) is 15.8. The number of hydrogen-bond donors (Lipinski definition) is 3. The van der Waals surface area contributed by atoms with Gasteiger partial charge in [-0.25, -0.2) is 4.39 Å². The average Bonchev–Trinajstić information content (AvgIpc) is 2.98. The molecular weight excluding hydrogens is 365 g/mol. The third kappa shape index (κ3) is 4.82. The number of aliphatic hydroxyl groups excluding tert-OH is 1. The molecule has 150 valence electrons. The van der Waals surface area contributed by atoms with Crippen molar-refractivity contribution in [3.63, 3.8) is 0 Å². The Labute approximate surface area is 162 Å². The fourth-order valence-corrected chi connectivity index (χ4v) is 2.78. The molecule has 28 heavy (non-hydrogen) atoms. The second-order valence-corrected chi connectivity index (χ2v) is 6.61. The summed E-state index contributed by atoms with van der Waals surface area (Å²) in [4.78, 5) is 6.03. The van der Waals surface area contributed by atoms with Crippen LogP contribution in [0.1, 0.15) is 11.9 Å². The molecule has 0 aliphatic rings. The van der Waals surface area contributed by atoms with Gasteiger partial charge in [-0.1, -0.05) is 0 Å². The van der Waals surface area contributed by atoms with Gasteiger partial charge in [-0.2, -0.15) is 5.10 Å². The lowest BCUT2D eigenvalue weighted by atomic mass is 10.2. The van der Waals surface area contributed by atoms with Crippen LogP contribution in [0.4, 0.5) is 15.9 Å². The third-order valence-electron chi connectivity index (χ3n) is 4.23. The summed E-state index contributed by atoms with van der Waals surface area (Å²) in [6.07, 6.45) is 1.26. The Kier molecular flexibility index (Phi) is 6.53. The van der Waals surface area contributed by atoms with E-state index in [9.17, 15) is 14.6 Å². The molecule has 0 atom stereocenters. The minimum Gasteiger partial charge on any atom is -0.378 e. The molecule has 3 rings (SSSR count). The van der Waals surface area contributed by atoms with Crippen molar-refractivity contribution in [3.8, 4) is 0 Å². The number of aliphatic hydroxyl groups is 2. The van der Waals surface area contributed by atoms with Gasteiger partial charge in [0.2, 0.25) is 0 Å². The van der Waals surface area contributed by atoms with Crippen LogP contribution in [0.15, 0.2) is 36.7 Å². The Morgan fingerprint density at radius 1 is 1.25 bits per heavy atom. The summed E-state index contributed by atoms with van der Waals surface area (Å²) in [5.41, 5.74) is 1.38. The van der Waals surface area contributed by atoms with Crippen molar-refractivity contribution in [3.05, 3.63) is 48.0 Å². The Balaban J connectivity index is 1.84. The van der Waals surface area contributed by atoms with E-state index in [1.807, 2.05) is 19.0 Å². The first-order valence-corrected chi connectivity index (χ1v) is 8.91. The number of anilines is 2. The van der Waals surface area contributed by atoms with Gasteiger partial charge in [0.1, 0.15) is 5.82 Å². The molecule has 3 aromatic rings. The van der Waals surface area contributed by atoms with Gasteiger partial charge in [-0.15, -0.1) is 0 Å². The van der Waals surface area contributed by atoms with Crippen molar-refractivity contribution in [2.45, 2.75) is 12.8 Å². The number of benzene rings is 1. The molecule has 0 spiro atoms. The molecule has 9 heteroatoms. The largest absolute Gasteiger partial charge is 0.378 e. The Morgan fingerprint density at radius 2 is 2.07 bits per heavy atom. The Morgan fingerprint density at radius 3 is 2.82 bits per heavy atom. The molecule has 2 heterocycles. The minimum absolute atomic E-state index is 0.251. The number of fused-ring (bicyclic) bond motifs is 1. The number of aromatic nitrogens is 3. The number of rotatable bonds is 9. The first kappa shape index (κ1) is 20.2. The smallest absolute Gasteiger partial charge is 0.180 e. The normalized spacial score (nSPS) is 11.7. The average molecular weight is 389 g/mol. The minimum atomic E-state index is -1.67. The molecule has 0 saturated heterocycles. The van der Waals surface area contributed by atoms with Crippen molar-refractivity contribution >= 4 is 22.4 Å². The van der Waals surface area contributed by atoms with E-state index in [1.165, 1.54) is 30.6 Å². The van der Waals surface area contributed by atoms with E-state index in [1.54, 1.807) is 10.7 Å². The second kappa shape index (κ2) is 9.07. The molecular formula is C19H24FN5O3. The summed E-state index contributed by atoms with van der Waals surface area (Å²) in [5, 5.41) is 27.2. The first-order valence-electron chi connectivity index (χ1n) is 8.91. The molecule has 1 aromatic carbocycles. The molecule has 0 radical (unpaired) electrons. The number of hydrogen-bond acceptors (Lipinski definition) is 7. The number of likely N-dealkylation sites (N-methyl/N-ethyl adjacent to an activating group) is 1. The van der Waals surface area contributed by atoms with E-state index < -0.39 is 6.29 Å². The maximum Gasteiger partial charge on any atom is 0.180 e. The molecule has 0 aliphatic heterocycles. The molecule has 0 bridgehead atoms. The van der Waals surface area contributed by atoms with E-state index in [-0.39, 0.29) is 11.4 Å². The van der Waals surface area contributed by atoms with Gasteiger partial charge in [0.05, 0.1) is 37.2 Å². The summed E-state index contributed by atoms with van der Waals surface area (Å²) in [5.74, 6) is 0.0172. The van der Waals surface area contributed by atoms with Crippen molar-refractivity contribution in [1.29, 1.82) is 0 Å². The lowest BCUT2D eigenvalue weighted by Gasteiger charge is -2.11. The van der Waals surface area contributed by atoms with Crippen LogP contribution in [-0.2, 0) is 11.3 Å². The molecule has 8 nitrogen and oxygen atoms in total. The predicted octanol–water partition coefficient (Wildman–Crippen LogP) is 1.88. The van der Waals surface area contributed by atoms with E-state index in [2.05, 4.69) is 15.4 Å². The van der Waals surface area contributed by atoms with Crippen molar-refractivity contribution < 1.29 is 19.3 Å². The van der Waals surface area contributed by atoms with Crippen molar-refractivity contribution in [1.82, 2.24) is 19.7 Å². The van der Waals surface area contributed by atoms with Crippen LogP contribution in [0.25, 0.3) is 10.9 Å². The van der Waals surface area contributed by atoms with Crippen LogP contribution in [0.3, 0.4) is 0 Å². The highest BCUT2D eigenvalue weighted by Gasteiger charge is 2.15. The Hall–Kier alpha value is -2.59. The number of nitrogens with zero attached hydrogens (tertiary/aromatic N) is 4. The molecule has 0 saturated carbocycles. The van der Waals surface area contributed by atoms with Crippen LogP contribution in [0.5, 0.6) is 0 Å². The van der Waals surface area contributed by atoms with Crippen LogP contribution in [0, 0.1) is 5.82 Å². The lowest BCUT2D eigenvalue weighted by molar-refractivity contribution is -0.0419. The zero-order valence-electron chi connectivity index (χ0n) is 15.8. The molecule has 0 amide bonds. The second-order valence-electron chi connectivity index (χ2n) is 6.61. The number of pyridine rings is 1. The van der Waals surface area contributed by atoms with E-state index in [0.717, 1.165) is 12.1 Å². The molecule has 0 aliphatic carbocycles. The monoisotopic (exact) mass is 389 g/mol. The van der Waals surface area contributed by atoms with Crippen LogP contribution >= 0.6 is 0 Å². The number of ether oxygens (including phenoxy) is 1. The molecule has 0 fully saturated rings. The van der Waals surface area contributed by atoms with E-state index in [0.29, 0.717) is 36.6 Å². The summed E-state index contributed by atoms with van der Waals surface area (Å²) in [7, 11) is 3.96. The standard InChI is InChI=1S/C19H24FN5O3/c1-24(2)7-9-28-10-8-25-17-4-3-13(20)11-15(17)18(23-25)22-16-12-21-6-5-14(16)19(26)27/h3-6,11-12,19,26-27H,7-10H2,1-2H3,(H,22,23). The highest BCUT2D eigenvalue weighted by molar-refractivity contribution is 5.92. The van der Waals surface area contributed by atoms with Crippen LogP contribution < -0.4 is 5.32 Å². The predicted molar refractivity (Wildman–Crippen MR) is 104 cm³/mol. The summed E-state index contributed by atoms with van der Waals surface area (Å²) < 4.78 is 21.2. The maximum atomic E-state index is 13.8.